The van der Waals surface area contributed by atoms with E-state index in [1.807, 2.05) is 0 Å². The fourth-order valence-electron chi connectivity index (χ4n) is 2.44. The van der Waals surface area contributed by atoms with Gasteiger partial charge < -0.3 is 5.32 Å². The van der Waals surface area contributed by atoms with Crippen molar-refractivity contribution in [2.75, 3.05) is 34.1 Å². The van der Waals surface area contributed by atoms with Crippen molar-refractivity contribution in [2.45, 2.75) is 0 Å². The average molecular weight is 340 g/mol. The highest BCUT2D eigenvalue weighted by atomic mass is 32.2. The summed E-state index contributed by atoms with van der Waals surface area (Å²) in [5.41, 5.74) is 0.777. The van der Waals surface area contributed by atoms with Crippen molar-refractivity contribution in [3.63, 3.8) is 0 Å². The molecule has 0 saturated heterocycles. The largest absolute Gasteiger partial charge is 0.378 e. The number of aromatic nitrogens is 1. The maximum Gasteiger partial charge on any atom is 0.326 e. The molecule has 0 spiro atoms. The van der Waals surface area contributed by atoms with Crippen molar-refractivity contribution in [1.29, 1.82) is 0 Å². The van der Waals surface area contributed by atoms with Crippen LogP contribution in [0.25, 0.3) is 0 Å². The van der Waals surface area contributed by atoms with Gasteiger partial charge in [0, 0.05) is 13.6 Å². The van der Waals surface area contributed by atoms with Gasteiger partial charge in [0.1, 0.15) is 5.69 Å². The number of benzene rings is 1. The second kappa shape index (κ2) is 5.65. The Kier molecular flexibility index (Phi) is 3.80. The molecule has 1 aliphatic rings. The molecule has 0 bridgehead atoms. The molecular weight excluding hydrogens is 326 g/mol. The van der Waals surface area contributed by atoms with Gasteiger partial charge in [0.2, 0.25) is 0 Å². The Morgan fingerprint density at radius 2 is 1.74 bits per heavy atom. The van der Waals surface area contributed by atoms with Crippen molar-refractivity contribution in [1.82, 2.24) is 4.98 Å². The molecule has 9 heteroatoms. The zero-order chi connectivity index (χ0) is 16.6. The summed E-state index contributed by atoms with van der Waals surface area (Å²) in [7, 11) is -2.21. The van der Waals surface area contributed by atoms with Crippen LogP contribution in [0.4, 0.5) is 25.8 Å². The first-order valence-corrected chi connectivity index (χ1v) is 8.21. The van der Waals surface area contributed by atoms with E-state index in [2.05, 4.69) is 10.3 Å². The summed E-state index contributed by atoms with van der Waals surface area (Å²) in [5.74, 6) is -1.65. The third kappa shape index (κ3) is 2.56. The quantitative estimate of drug-likeness (QED) is 0.924. The van der Waals surface area contributed by atoms with Gasteiger partial charge in [0.05, 0.1) is 30.3 Å². The van der Waals surface area contributed by atoms with Gasteiger partial charge in [-0.1, -0.05) is 12.1 Å². The minimum Gasteiger partial charge on any atom is -0.378 e. The van der Waals surface area contributed by atoms with E-state index in [-0.39, 0.29) is 18.8 Å². The zero-order valence-electron chi connectivity index (χ0n) is 12.2. The molecule has 1 aromatic carbocycles. The van der Waals surface area contributed by atoms with Gasteiger partial charge in [-0.2, -0.15) is 8.42 Å². The van der Waals surface area contributed by atoms with Crippen molar-refractivity contribution >= 4 is 27.3 Å². The summed E-state index contributed by atoms with van der Waals surface area (Å²) < 4.78 is 54.2. The molecular formula is C14H14F2N4O2S. The first kappa shape index (κ1) is 15.5. The Balaban J connectivity index is 1.78. The lowest BCUT2D eigenvalue weighted by molar-refractivity contribution is 0.578. The summed E-state index contributed by atoms with van der Waals surface area (Å²) in [4.78, 5) is 3.39. The molecule has 23 heavy (non-hydrogen) atoms. The minimum atomic E-state index is -3.67. The standard InChI is InChI=1S/C14H14F2N4O2S/c1-19-12-4-2-3-5-13(12)20(23(19,21)22)7-6-18-14-10(15)8-17-9-11(14)16/h2-5,8-9H,6-7H2,1H3,(H,17,18). The van der Waals surface area contributed by atoms with Crippen LogP contribution in [0.1, 0.15) is 0 Å². The maximum absolute atomic E-state index is 13.5. The summed E-state index contributed by atoms with van der Waals surface area (Å²) >= 11 is 0. The Morgan fingerprint density at radius 1 is 1.13 bits per heavy atom. The van der Waals surface area contributed by atoms with E-state index in [1.165, 1.54) is 15.7 Å². The second-order valence-corrected chi connectivity index (χ2v) is 6.83. The molecule has 0 saturated carbocycles. The van der Waals surface area contributed by atoms with E-state index < -0.39 is 21.8 Å². The van der Waals surface area contributed by atoms with Crippen LogP contribution in [-0.4, -0.2) is 33.5 Å². The van der Waals surface area contributed by atoms with Gasteiger partial charge in [-0.25, -0.2) is 13.1 Å². The highest BCUT2D eigenvalue weighted by Gasteiger charge is 2.37. The molecule has 0 atom stereocenters. The molecule has 1 N–H and O–H groups in total. The number of hydrogen-bond donors (Lipinski definition) is 1. The van der Waals surface area contributed by atoms with E-state index in [1.54, 1.807) is 24.3 Å². The molecule has 0 unspecified atom stereocenters. The molecule has 0 fully saturated rings. The van der Waals surface area contributed by atoms with Crippen molar-refractivity contribution < 1.29 is 17.2 Å². The number of nitrogens with one attached hydrogen (secondary N) is 1. The van der Waals surface area contributed by atoms with E-state index >= 15 is 0 Å². The lowest BCUT2D eigenvalue weighted by atomic mass is 10.2. The molecule has 0 amide bonds. The number of halogens is 2. The average Bonchev–Trinajstić information content (AvgIpc) is 2.71. The number of hydrogen-bond acceptors (Lipinski definition) is 4. The van der Waals surface area contributed by atoms with Crippen LogP contribution in [0.2, 0.25) is 0 Å². The van der Waals surface area contributed by atoms with E-state index in [9.17, 15) is 17.2 Å². The lowest BCUT2D eigenvalue weighted by Gasteiger charge is -2.19. The Morgan fingerprint density at radius 3 is 2.39 bits per heavy atom. The van der Waals surface area contributed by atoms with Crippen LogP contribution < -0.4 is 13.9 Å². The van der Waals surface area contributed by atoms with E-state index in [0.717, 1.165) is 12.4 Å². The van der Waals surface area contributed by atoms with Crippen LogP contribution in [-0.2, 0) is 10.2 Å². The zero-order valence-corrected chi connectivity index (χ0v) is 13.0. The summed E-state index contributed by atoms with van der Waals surface area (Å²) in [6.45, 7) is 0.0736. The normalized spacial score (nSPS) is 15.6. The molecule has 0 radical (unpaired) electrons. The number of para-hydroxylation sites is 2. The van der Waals surface area contributed by atoms with Crippen molar-refractivity contribution in [3.05, 3.63) is 48.3 Å². The fourth-order valence-corrected chi connectivity index (χ4v) is 3.86. The van der Waals surface area contributed by atoms with Crippen molar-refractivity contribution in [2.24, 2.45) is 0 Å². The molecule has 6 nitrogen and oxygen atoms in total. The van der Waals surface area contributed by atoms with Crippen LogP contribution >= 0.6 is 0 Å². The molecule has 3 rings (SSSR count). The van der Waals surface area contributed by atoms with Gasteiger partial charge in [-0.05, 0) is 12.1 Å². The number of nitrogens with zero attached hydrogens (tertiary/aromatic N) is 3. The monoisotopic (exact) mass is 340 g/mol. The number of rotatable bonds is 4. The highest BCUT2D eigenvalue weighted by Crippen LogP contribution is 2.39. The maximum atomic E-state index is 13.5. The smallest absolute Gasteiger partial charge is 0.326 e. The first-order valence-electron chi connectivity index (χ1n) is 6.81. The van der Waals surface area contributed by atoms with Crippen LogP contribution in [0, 0.1) is 11.6 Å². The van der Waals surface area contributed by atoms with Crippen molar-refractivity contribution in [3.8, 4) is 0 Å². The number of pyridine rings is 1. The summed E-state index contributed by atoms with van der Waals surface area (Å²) in [6, 6.07) is 6.86. The lowest BCUT2D eigenvalue weighted by Crippen LogP contribution is -2.38. The van der Waals surface area contributed by atoms with E-state index in [4.69, 9.17) is 0 Å². The van der Waals surface area contributed by atoms with Crippen LogP contribution in [0.5, 0.6) is 0 Å². The summed E-state index contributed by atoms with van der Waals surface area (Å²) in [5, 5.41) is 2.58. The van der Waals surface area contributed by atoms with Crippen LogP contribution in [0.3, 0.4) is 0 Å². The van der Waals surface area contributed by atoms with Gasteiger partial charge >= 0.3 is 10.2 Å². The predicted octanol–water partition coefficient (Wildman–Crippen LogP) is 1.97. The van der Waals surface area contributed by atoms with Gasteiger partial charge in [-0.15, -0.1) is 0 Å². The number of anilines is 3. The molecule has 2 heterocycles. The molecule has 122 valence electrons. The van der Waals surface area contributed by atoms with Gasteiger partial charge in [-0.3, -0.25) is 9.29 Å². The minimum absolute atomic E-state index is 0.0326. The molecule has 1 aliphatic heterocycles. The third-order valence-electron chi connectivity index (χ3n) is 3.58. The first-order chi connectivity index (χ1) is 10.9. The Bertz CT molecular complexity index is 824. The molecule has 1 aromatic heterocycles. The summed E-state index contributed by atoms with van der Waals surface area (Å²) in [6.07, 6.45) is 1.78. The third-order valence-corrected chi connectivity index (χ3v) is 5.41. The Labute approximate surface area is 132 Å². The fraction of sp³-hybridized carbons (Fsp3) is 0.214. The highest BCUT2D eigenvalue weighted by molar-refractivity contribution is 7.94. The topological polar surface area (TPSA) is 65.5 Å². The Hall–Kier alpha value is -2.42. The predicted molar refractivity (Wildman–Crippen MR) is 83.8 cm³/mol. The molecule has 0 aliphatic carbocycles. The molecule has 2 aromatic rings. The van der Waals surface area contributed by atoms with Gasteiger partial charge in [0.15, 0.2) is 11.6 Å². The van der Waals surface area contributed by atoms with Crippen LogP contribution in [0.15, 0.2) is 36.7 Å². The van der Waals surface area contributed by atoms with Gasteiger partial charge in [0.25, 0.3) is 0 Å². The number of fused-ring (bicyclic) bond motifs is 1. The second-order valence-electron chi connectivity index (χ2n) is 4.94. The van der Waals surface area contributed by atoms with E-state index in [0.29, 0.717) is 11.4 Å². The SMILES string of the molecule is CN1c2ccccc2N(CCNc2c(F)cncc2F)S1(=O)=O.